The molecule has 1 saturated heterocycles. The van der Waals surface area contributed by atoms with Crippen molar-refractivity contribution in [2.24, 2.45) is 0 Å². The number of halogens is 1. The quantitative estimate of drug-likeness (QED) is 0.749. The van der Waals surface area contributed by atoms with Gasteiger partial charge in [0.15, 0.2) is 0 Å². The highest BCUT2D eigenvalue weighted by molar-refractivity contribution is 5.94. The van der Waals surface area contributed by atoms with E-state index in [1.54, 1.807) is 11.0 Å². The molecule has 1 amide bonds. The minimum Gasteiger partial charge on any atom is -0.339 e. The van der Waals surface area contributed by atoms with Crippen molar-refractivity contribution in [1.82, 2.24) is 4.90 Å². The standard InChI is InChI=1S/C13H14FNO/c1-2-10-9-11(5-6-12(10)14)13(16)15-7-3-4-8-15/h2,5-6,9H,1,3-4,7-8H2. The van der Waals surface area contributed by atoms with Gasteiger partial charge >= 0.3 is 0 Å². The molecule has 0 radical (unpaired) electrons. The lowest BCUT2D eigenvalue weighted by Crippen LogP contribution is -2.27. The molecule has 1 aromatic carbocycles. The molecule has 1 aliphatic heterocycles. The Balaban J connectivity index is 2.26. The van der Waals surface area contributed by atoms with E-state index in [2.05, 4.69) is 6.58 Å². The number of nitrogens with zero attached hydrogens (tertiary/aromatic N) is 1. The Morgan fingerprint density at radius 3 is 2.69 bits per heavy atom. The molecular formula is C13H14FNO. The average Bonchev–Trinajstić information content (AvgIpc) is 2.82. The molecule has 84 valence electrons. The van der Waals surface area contributed by atoms with E-state index in [9.17, 15) is 9.18 Å². The third-order valence-electron chi connectivity index (χ3n) is 2.86. The molecule has 1 fully saturated rings. The van der Waals surface area contributed by atoms with Gasteiger partial charge < -0.3 is 4.90 Å². The lowest BCUT2D eigenvalue weighted by Gasteiger charge is -2.15. The summed E-state index contributed by atoms with van der Waals surface area (Å²) in [5.74, 6) is -0.353. The van der Waals surface area contributed by atoms with Gasteiger partial charge in [-0.2, -0.15) is 0 Å². The molecule has 0 saturated carbocycles. The fourth-order valence-electron chi connectivity index (χ4n) is 1.94. The molecule has 1 heterocycles. The molecule has 0 unspecified atom stereocenters. The highest BCUT2D eigenvalue weighted by Gasteiger charge is 2.19. The Labute approximate surface area is 94.4 Å². The molecular weight excluding hydrogens is 205 g/mol. The van der Waals surface area contributed by atoms with Crippen LogP contribution in [0.1, 0.15) is 28.8 Å². The summed E-state index contributed by atoms with van der Waals surface area (Å²) in [6, 6.07) is 4.41. The third-order valence-corrected chi connectivity index (χ3v) is 2.86. The summed E-state index contributed by atoms with van der Waals surface area (Å²) in [5, 5.41) is 0. The number of carbonyl (C=O) groups excluding carboxylic acids is 1. The van der Waals surface area contributed by atoms with E-state index in [0.29, 0.717) is 11.1 Å². The highest BCUT2D eigenvalue weighted by atomic mass is 19.1. The molecule has 16 heavy (non-hydrogen) atoms. The van der Waals surface area contributed by atoms with E-state index in [-0.39, 0.29) is 11.7 Å². The number of likely N-dealkylation sites (tertiary alicyclic amines) is 1. The van der Waals surface area contributed by atoms with Gasteiger partial charge in [0.2, 0.25) is 0 Å². The molecule has 1 aromatic rings. The van der Waals surface area contributed by atoms with Crippen molar-refractivity contribution < 1.29 is 9.18 Å². The van der Waals surface area contributed by atoms with Crippen molar-refractivity contribution >= 4 is 12.0 Å². The summed E-state index contributed by atoms with van der Waals surface area (Å²) in [6.07, 6.45) is 3.54. The van der Waals surface area contributed by atoms with Gasteiger partial charge in [0.1, 0.15) is 5.82 Å². The van der Waals surface area contributed by atoms with Crippen LogP contribution in [0.15, 0.2) is 24.8 Å². The molecule has 0 aliphatic carbocycles. The first-order valence-corrected chi connectivity index (χ1v) is 5.43. The van der Waals surface area contributed by atoms with Gasteiger partial charge in [-0.3, -0.25) is 4.79 Å². The molecule has 0 aromatic heterocycles. The van der Waals surface area contributed by atoms with Crippen LogP contribution in [-0.2, 0) is 0 Å². The first kappa shape index (κ1) is 10.9. The topological polar surface area (TPSA) is 20.3 Å². The zero-order chi connectivity index (χ0) is 11.5. The predicted octanol–water partition coefficient (Wildman–Crippen LogP) is 2.70. The predicted molar refractivity (Wildman–Crippen MR) is 61.6 cm³/mol. The summed E-state index contributed by atoms with van der Waals surface area (Å²) in [4.78, 5) is 13.8. The van der Waals surface area contributed by atoms with E-state index in [0.717, 1.165) is 25.9 Å². The van der Waals surface area contributed by atoms with Crippen LogP contribution in [0.3, 0.4) is 0 Å². The summed E-state index contributed by atoms with van der Waals surface area (Å²) in [6.45, 7) is 5.14. The van der Waals surface area contributed by atoms with Crippen LogP contribution in [0.2, 0.25) is 0 Å². The molecule has 0 spiro atoms. The van der Waals surface area contributed by atoms with Crippen LogP contribution >= 0.6 is 0 Å². The largest absolute Gasteiger partial charge is 0.339 e. The van der Waals surface area contributed by atoms with E-state index in [1.165, 1.54) is 18.2 Å². The molecule has 3 heteroatoms. The molecule has 1 aliphatic rings. The number of carbonyl (C=O) groups is 1. The Morgan fingerprint density at radius 1 is 1.38 bits per heavy atom. The molecule has 2 nitrogen and oxygen atoms in total. The Hall–Kier alpha value is -1.64. The lowest BCUT2D eigenvalue weighted by atomic mass is 10.1. The fourth-order valence-corrected chi connectivity index (χ4v) is 1.94. The second-order valence-electron chi connectivity index (χ2n) is 3.94. The summed E-state index contributed by atoms with van der Waals surface area (Å²) < 4.78 is 13.2. The monoisotopic (exact) mass is 219 g/mol. The summed E-state index contributed by atoms with van der Waals surface area (Å²) >= 11 is 0. The number of rotatable bonds is 2. The minimum atomic E-state index is -0.340. The Morgan fingerprint density at radius 2 is 2.06 bits per heavy atom. The lowest BCUT2D eigenvalue weighted by molar-refractivity contribution is 0.0793. The van der Waals surface area contributed by atoms with E-state index in [4.69, 9.17) is 0 Å². The van der Waals surface area contributed by atoms with Crippen molar-refractivity contribution in [2.75, 3.05) is 13.1 Å². The van der Waals surface area contributed by atoms with Crippen LogP contribution < -0.4 is 0 Å². The normalized spacial score (nSPS) is 15.2. The van der Waals surface area contributed by atoms with Crippen LogP contribution in [0.4, 0.5) is 4.39 Å². The minimum absolute atomic E-state index is 0.0133. The Bertz CT molecular complexity index is 422. The summed E-state index contributed by atoms with van der Waals surface area (Å²) in [7, 11) is 0. The molecule has 0 bridgehead atoms. The van der Waals surface area contributed by atoms with Gasteiger partial charge in [-0.15, -0.1) is 0 Å². The van der Waals surface area contributed by atoms with E-state index < -0.39 is 0 Å². The van der Waals surface area contributed by atoms with Crippen molar-refractivity contribution in [3.05, 3.63) is 41.7 Å². The van der Waals surface area contributed by atoms with Crippen molar-refractivity contribution in [2.45, 2.75) is 12.8 Å². The maximum atomic E-state index is 13.2. The maximum Gasteiger partial charge on any atom is 0.253 e. The van der Waals surface area contributed by atoms with Crippen molar-refractivity contribution in [3.63, 3.8) is 0 Å². The smallest absolute Gasteiger partial charge is 0.253 e. The van der Waals surface area contributed by atoms with E-state index >= 15 is 0 Å². The first-order chi connectivity index (χ1) is 7.72. The van der Waals surface area contributed by atoms with Crippen LogP contribution in [0.5, 0.6) is 0 Å². The first-order valence-electron chi connectivity index (χ1n) is 5.43. The number of hydrogen-bond acceptors (Lipinski definition) is 1. The number of amides is 1. The molecule has 0 N–H and O–H groups in total. The third kappa shape index (κ3) is 1.98. The molecule has 2 rings (SSSR count). The second-order valence-corrected chi connectivity index (χ2v) is 3.94. The van der Waals surface area contributed by atoms with Crippen LogP contribution in [0.25, 0.3) is 6.08 Å². The van der Waals surface area contributed by atoms with Gasteiger partial charge in [-0.25, -0.2) is 4.39 Å². The number of hydrogen-bond donors (Lipinski definition) is 0. The maximum absolute atomic E-state index is 13.2. The zero-order valence-corrected chi connectivity index (χ0v) is 9.08. The summed E-state index contributed by atoms with van der Waals surface area (Å²) in [5.41, 5.74) is 0.920. The molecule has 0 atom stereocenters. The van der Waals surface area contributed by atoms with Crippen LogP contribution in [-0.4, -0.2) is 23.9 Å². The van der Waals surface area contributed by atoms with Gasteiger partial charge in [0, 0.05) is 24.2 Å². The van der Waals surface area contributed by atoms with Crippen molar-refractivity contribution in [3.8, 4) is 0 Å². The second kappa shape index (κ2) is 4.47. The zero-order valence-electron chi connectivity index (χ0n) is 9.08. The highest BCUT2D eigenvalue weighted by Crippen LogP contribution is 2.16. The number of benzene rings is 1. The Kier molecular flexibility index (Phi) is 3.04. The van der Waals surface area contributed by atoms with Crippen LogP contribution in [0, 0.1) is 5.82 Å². The average molecular weight is 219 g/mol. The van der Waals surface area contributed by atoms with Gasteiger partial charge in [-0.05, 0) is 31.0 Å². The van der Waals surface area contributed by atoms with E-state index in [1.807, 2.05) is 0 Å². The van der Waals surface area contributed by atoms with Gasteiger partial charge in [-0.1, -0.05) is 12.7 Å². The van der Waals surface area contributed by atoms with Crippen molar-refractivity contribution in [1.29, 1.82) is 0 Å². The fraction of sp³-hybridized carbons (Fsp3) is 0.308. The van der Waals surface area contributed by atoms with Gasteiger partial charge in [0.25, 0.3) is 5.91 Å². The van der Waals surface area contributed by atoms with Gasteiger partial charge in [0.05, 0.1) is 0 Å². The SMILES string of the molecule is C=Cc1cc(C(=O)N2CCCC2)ccc1F.